The number of hydrogen-bond donors (Lipinski definition) is 0. The molecule has 0 bridgehead atoms. The summed E-state index contributed by atoms with van der Waals surface area (Å²) in [6, 6.07) is 4.87. The van der Waals surface area contributed by atoms with Gasteiger partial charge in [-0.05, 0) is 26.0 Å². The van der Waals surface area contributed by atoms with E-state index >= 15 is 0 Å². The molecule has 1 aromatic carbocycles. The van der Waals surface area contributed by atoms with Gasteiger partial charge in [-0.3, -0.25) is 14.9 Å². The van der Waals surface area contributed by atoms with Crippen LogP contribution in [0.2, 0.25) is 0 Å². The Morgan fingerprint density at radius 3 is 2.62 bits per heavy atom. The second kappa shape index (κ2) is 5.65. The van der Waals surface area contributed by atoms with Crippen LogP contribution < -0.4 is 0 Å². The van der Waals surface area contributed by atoms with Crippen LogP contribution >= 0.6 is 11.6 Å². The van der Waals surface area contributed by atoms with E-state index in [2.05, 4.69) is 0 Å². The minimum absolute atomic E-state index is 0.0350. The van der Waals surface area contributed by atoms with Gasteiger partial charge in [-0.2, -0.15) is 0 Å². The number of nitro groups is 1. The zero-order chi connectivity index (χ0) is 15.7. The number of hydrogen-bond acceptors (Lipinski definition) is 3. The molecule has 0 aliphatic heterocycles. The molecule has 1 heterocycles. The molecule has 0 fully saturated rings. The van der Waals surface area contributed by atoms with E-state index in [1.807, 2.05) is 0 Å². The average molecular weight is 311 g/mol. The van der Waals surface area contributed by atoms with Crippen molar-refractivity contribution in [2.75, 3.05) is 5.88 Å². The molecule has 21 heavy (non-hydrogen) atoms. The summed E-state index contributed by atoms with van der Waals surface area (Å²) < 4.78 is 15.5. The number of rotatable bonds is 4. The normalized spacial score (nSPS) is 10.7. The molecule has 1 aromatic heterocycles. The van der Waals surface area contributed by atoms with Crippen LogP contribution in [0.5, 0.6) is 0 Å². The van der Waals surface area contributed by atoms with Crippen molar-refractivity contribution in [2.24, 2.45) is 0 Å². The summed E-state index contributed by atoms with van der Waals surface area (Å²) in [7, 11) is 0. The molecule has 0 saturated heterocycles. The molecule has 2 aromatic rings. The van der Waals surface area contributed by atoms with Gasteiger partial charge in [-0.15, -0.1) is 11.6 Å². The molecular formula is C14H12ClFN2O3. The van der Waals surface area contributed by atoms with E-state index in [0.29, 0.717) is 17.0 Å². The summed E-state index contributed by atoms with van der Waals surface area (Å²) in [5.41, 5.74) is 1.29. The van der Waals surface area contributed by atoms with Crippen molar-refractivity contribution in [1.29, 1.82) is 0 Å². The van der Waals surface area contributed by atoms with Crippen molar-refractivity contribution in [3.8, 4) is 5.69 Å². The van der Waals surface area contributed by atoms with Crippen molar-refractivity contribution >= 4 is 23.1 Å². The molecule has 5 nitrogen and oxygen atoms in total. The first-order valence-corrected chi connectivity index (χ1v) is 6.62. The van der Waals surface area contributed by atoms with E-state index in [4.69, 9.17) is 11.6 Å². The predicted octanol–water partition coefficient (Wildman–Crippen LogP) is 3.56. The van der Waals surface area contributed by atoms with Crippen LogP contribution in [0.4, 0.5) is 10.1 Å². The second-order valence-electron chi connectivity index (χ2n) is 4.57. The van der Waals surface area contributed by atoms with E-state index in [1.165, 1.54) is 4.57 Å². The van der Waals surface area contributed by atoms with Crippen LogP contribution in [0.3, 0.4) is 0 Å². The van der Waals surface area contributed by atoms with Crippen LogP contribution in [0.25, 0.3) is 5.69 Å². The molecule has 0 unspecified atom stereocenters. The van der Waals surface area contributed by atoms with Crippen molar-refractivity contribution < 1.29 is 14.1 Å². The Bertz CT molecular complexity index is 740. The molecule has 0 atom stereocenters. The maximum absolute atomic E-state index is 14.0. The second-order valence-corrected chi connectivity index (χ2v) is 4.84. The number of carbonyl (C=O) groups excluding carboxylic acids is 1. The fourth-order valence-corrected chi connectivity index (χ4v) is 2.42. The van der Waals surface area contributed by atoms with Gasteiger partial charge in [0.05, 0.1) is 16.5 Å². The highest BCUT2D eigenvalue weighted by Crippen LogP contribution is 2.26. The number of halogens is 2. The molecule has 0 amide bonds. The first-order valence-electron chi connectivity index (χ1n) is 6.09. The number of nitrogens with zero attached hydrogens (tertiary/aromatic N) is 2. The number of ketones is 1. The third-order valence-corrected chi connectivity index (χ3v) is 3.48. The number of non-ortho nitro benzene ring substituents is 1. The molecule has 0 spiro atoms. The van der Waals surface area contributed by atoms with Gasteiger partial charge in [0.1, 0.15) is 5.82 Å². The SMILES string of the molecule is Cc1cc(C(=O)CCl)c(C)n1-c1cc([N+](=O)[O-])ccc1F. The van der Waals surface area contributed by atoms with Gasteiger partial charge in [-0.25, -0.2) is 4.39 Å². The average Bonchev–Trinajstić information content (AvgIpc) is 2.74. The maximum Gasteiger partial charge on any atom is 0.271 e. The number of aryl methyl sites for hydroxylation is 1. The van der Waals surface area contributed by atoms with Crippen molar-refractivity contribution in [3.63, 3.8) is 0 Å². The Morgan fingerprint density at radius 1 is 1.38 bits per heavy atom. The zero-order valence-electron chi connectivity index (χ0n) is 11.4. The van der Waals surface area contributed by atoms with Crippen LogP contribution in [0.1, 0.15) is 21.7 Å². The van der Waals surface area contributed by atoms with Gasteiger partial charge in [0, 0.05) is 29.1 Å². The van der Waals surface area contributed by atoms with Crippen LogP contribution in [-0.2, 0) is 0 Å². The summed E-state index contributed by atoms with van der Waals surface area (Å²) >= 11 is 5.54. The van der Waals surface area contributed by atoms with Crippen LogP contribution in [0, 0.1) is 29.8 Å². The lowest BCUT2D eigenvalue weighted by molar-refractivity contribution is -0.384. The van der Waals surface area contributed by atoms with Gasteiger partial charge in [0.25, 0.3) is 5.69 Å². The van der Waals surface area contributed by atoms with Gasteiger partial charge in [0.2, 0.25) is 0 Å². The fourth-order valence-electron chi connectivity index (χ4n) is 2.27. The standard InChI is InChI=1S/C14H12ClFN2O3/c1-8-5-11(14(19)7-15)9(2)17(8)13-6-10(18(20)21)3-4-12(13)16/h3-6H,7H2,1-2H3. The van der Waals surface area contributed by atoms with Gasteiger partial charge in [-0.1, -0.05) is 0 Å². The molecule has 110 valence electrons. The van der Waals surface area contributed by atoms with E-state index in [-0.39, 0.29) is 23.0 Å². The fraction of sp³-hybridized carbons (Fsp3) is 0.214. The number of benzene rings is 1. The number of carbonyl (C=O) groups is 1. The molecular weight excluding hydrogens is 299 g/mol. The topological polar surface area (TPSA) is 65.1 Å². The highest BCUT2D eigenvalue weighted by Gasteiger charge is 2.19. The van der Waals surface area contributed by atoms with Crippen LogP contribution in [0.15, 0.2) is 24.3 Å². The Labute approximate surface area is 125 Å². The Hall–Kier alpha value is -2.21. The van der Waals surface area contributed by atoms with E-state index in [0.717, 1.165) is 18.2 Å². The summed E-state index contributed by atoms with van der Waals surface area (Å²) in [5, 5.41) is 10.8. The van der Waals surface area contributed by atoms with Crippen molar-refractivity contribution in [1.82, 2.24) is 4.57 Å². The van der Waals surface area contributed by atoms with Crippen LogP contribution in [-0.4, -0.2) is 21.2 Å². The molecule has 0 N–H and O–H groups in total. The third kappa shape index (κ3) is 2.67. The first kappa shape index (κ1) is 15.2. The summed E-state index contributed by atoms with van der Waals surface area (Å²) in [5.74, 6) is -1.06. The van der Waals surface area contributed by atoms with Gasteiger partial charge >= 0.3 is 0 Å². The molecule has 0 radical (unpaired) electrons. The molecule has 0 saturated carbocycles. The minimum Gasteiger partial charge on any atom is -0.315 e. The van der Waals surface area contributed by atoms with Crippen molar-refractivity contribution in [2.45, 2.75) is 13.8 Å². The molecule has 2 rings (SSSR count). The van der Waals surface area contributed by atoms with E-state index in [1.54, 1.807) is 19.9 Å². The highest BCUT2D eigenvalue weighted by atomic mass is 35.5. The quantitative estimate of drug-likeness (QED) is 0.375. The third-order valence-electron chi connectivity index (χ3n) is 3.23. The minimum atomic E-state index is -0.604. The molecule has 7 heteroatoms. The predicted molar refractivity (Wildman–Crippen MR) is 76.9 cm³/mol. The van der Waals surface area contributed by atoms with E-state index < -0.39 is 10.7 Å². The first-order chi connectivity index (χ1) is 9.86. The smallest absolute Gasteiger partial charge is 0.271 e. The van der Waals surface area contributed by atoms with Gasteiger partial charge in [0.15, 0.2) is 5.78 Å². The van der Waals surface area contributed by atoms with Crippen molar-refractivity contribution in [3.05, 3.63) is 57.1 Å². The number of alkyl halides is 1. The Morgan fingerprint density at radius 2 is 2.05 bits per heavy atom. The summed E-state index contributed by atoms with van der Waals surface area (Å²) in [6.45, 7) is 3.33. The Balaban J connectivity index is 2.67. The number of Topliss-reactive ketones (excluding diaryl/α,β-unsaturated/α-hetero) is 1. The maximum atomic E-state index is 14.0. The lowest BCUT2D eigenvalue weighted by atomic mass is 10.2. The zero-order valence-corrected chi connectivity index (χ0v) is 12.1. The highest BCUT2D eigenvalue weighted by molar-refractivity contribution is 6.30. The largest absolute Gasteiger partial charge is 0.315 e. The number of aromatic nitrogens is 1. The monoisotopic (exact) mass is 310 g/mol. The lowest BCUT2D eigenvalue weighted by Gasteiger charge is -2.10. The Kier molecular flexibility index (Phi) is 4.09. The molecule has 0 aliphatic carbocycles. The van der Waals surface area contributed by atoms with E-state index in [9.17, 15) is 19.3 Å². The lowest BCUT2D eigenvalue weighted by Crippen LogP contribution is -2.06. The van der Waals surface area contributed by atoms with Gasteiger partial charge < -0.3 is 4.57 Å². The summed E-state index contributed by atoms with van der Waals surface area (Å²) in [6.07, 6.45) is 0. The molecule has 0 aliphatic rings. The number of nitro benzene ring substituents is 1. The summed E-state index contributed by atoms with van der Waals surface area (Å²) in [4.78, 5) is 22.0.